The van der Waals surface area contributed by atoms with Gasteiger partial charge in [0.1, 0.15) is 0 Å². The number of nitrogens with two attached hydrogens (primary N) is 1. The minimum atomic E-state index is -3.78. The predicted octanol–water partition coefficient (Wildman–Crippen LogP) is 3.45. The molecule has 0 fully saturated rings. The summed E-state index contributed by atoms with van der Waals surface area (Å²) in [5.41, 5.74) is 7.61. The van der Waals surface area contributed by atoms with E-state index in [0.717, 1.165) is 10.5 Å². The van der Waals surface area contributed by atoms with Crippen molar-refractivity contribution in [3.8, 4) is 0 Å². The Morgan fingerprint density at radius 3 is 2.43 bits per heavy atom. The van der Waals surface area contributed by atoms with Crippen LogP contribution < -0.4 is 5.73 Å². The Labute approximate surface area is 181 Å². The second kappa shape index (κ2) is 9.51. The van der Waals surface area contributed by atoms with Gasteiger partial charge in [-0.3, -0.25) is 0 Å². The number of sulfonamides is 1. The van der Waals surface area contributed by atoms with Crippen LogP contribution in [0.1, 0.15) is 12.5 Å². The van der Waals surface area contributed by atoms with Crippen molar-refractivity contribution in [1.29, 1.82) is 0 Å². The van der Waals surface area contributed by atoms with Gasteiger partial charge in [-0.05, 0) is 38.1 Å². The molecule has 0 amide bonds. The first-order valence-electron chi connectivity index (χ1n) is 9.49. The van der Waals surface area contributed by atoms with Gasteiger partial charge in [0.15, 0.2) is 0 Å². The third-order valence-corrected chi connectivity index (χ3v) is 7.43. The van der Waals surface area contributed by atoms with E-state index in [9.17, 15) is 13.2 Å². The Morgan fingerprint density at radius 1 is 1.13 bits per heavy atom. The van der Waals surface area contributed by atoms with Crippen LogP contribution in [0.25, 0.3) is 0 Å². The molecule has 0 aromatic heterocycles. The summed E-state index contributed by atoms with van der Waals surface area (Å²) in [6.07, 6.45) is 1.72. The number of thioether (sulfide) groups is 1. The van der Waals surface area contributed by atoms with E-state index in [-0.39, 0.29) is 35.9 Å². The maximum atomic E-state index is 13.2. The minimum absolute atomic E-state index is 0.0922. The fourth-order valence-electron chi connectivity index (χ4n) is 2.96. The molecule has 6 nitrogen and oxygen atoms in total. The quantitative estimate of drug-likeness (QED) is 0.687. The van der Waals surface area contributed by atoms with Crippen LogP contribution in [-0.4, -0.2) is 38.4 Å². The van der Waals surface area contributed by atoms with Crippen LogP contribution in [0.3, 0.4) is 0 Å². The van der Waals surface area contributed by atoms with Gasteiger partial charge in [0.2, 0.25) is 10.0 Å². The lowest BCUT2D eigenvalue weighted by atomic mass is 10.2. The summed E-state index contributed by atoms with van der Waals surface area (Å²) in [5.74, 6) is -0.556. The van der Waals surface area contributed by atoms with Crippen LogP contribution in [-0.2, 0) is 19.6 Å². The zero-order chi connectivity index (χ0) is 21.7. The largest absolute Gasteiger partial charge is 0.462 e. The molecule has 2 aromatic rings. The summed E-state index contributed by atoms with van der Waals surface area (Å²) in [4.78, 5) is 14.3. The number of ether oxygens (including phenoxy) is 1. The lowest BCUT2D eigenvalue weighted by Crippen LogP contribution is -2.34. The molecule has 0 radical (unpaired) electrons. The van der Waals surface area contributed by atoms with Crippen LogP contribution in [0.5, 0.6) is 0 Å². The second-order valence-corrected chi connectivity index (χ2v) is 9.77. The normalized spacial score (nSPS) is 15.5. The number of carbonyl (C=O) groups is 1. The van der Waals surface area contributed by atoms with E-state index in [1.165, 1.54) is 16.1 Å². The summed E-state index contributed by atoms with van der Waals surface area (Å²) >= 11 is 1.36. The van der Waals surface area contributed by atoms with Gasteiger partial charge in [-0.15, -0.1) is 0 Å². The number of aryl methyl sites for hydroxylation is 1. The number of hydrogen-bond acceptors (Lipinski definition) is 6. The lowest BCUT2D eigenvalue weighted by molar-refractivity contribution is -0.138. The molecule has 30 heavy (non-hydrogen) atoms. The molecular formula is C22H24N2O4S2. The van der Waals surface area contributed by atoms with Crippen molar-refractivity contribution < 1.29 is 17.9 Å². The molecule has 0 atom stereocenters. The van der Waals surface area contributed by atoms with Gasteiger partial charge in [0.25, 0.3) is 0 Å². The number of rotatable bonds is 6. The molecule has 2 aromatic carbocycles. The Morgan fingerprint density at radius 2 is 1.80 bits per heavy atom. The molecular weight excluding hydrogens is 420 g/mol. The third kappa shape index (κ3) is 4.95. The van der Waals surface area contributed by atoms with Crippen molar-refractivity contribution in [2.75, 3.05) is 19.7 Å². The molecule has 0 saturated carbocycles. The van der Waals surface area contributed by atoms with Gasteiger partial charge in [-0.2, -0.15) is 4.31 Å². The topological polar surface area (TPSA) is 89.7 Å². The molecule has 0 aliphatic carbocycles. The molecule has 1 heterocycles. The molecule has 0 saturated heterocycles. The molecule has 0 bridgehead atoms. The molecule has 1 aliphatic rings. The first-order chi connectivity index (χ1) is 14.3. The zero-order valence-corrected chi connectivity index (χ0v) is 18.5. The SMILES string of the molecule is CCOC(=O)C1=C(N)CN(S(=O)(=O)c2ccc(C)cc2)CC=C1Sc1ccccc1. The van der Waals surface area contributed by atoms with E-state index in [0.29, 0.717) is 4.91 Å². The fraction of sp³-hybridized carbons (Fsp3) is 0.227. The number of esters is 1. The van der Waals surface area contributed by atoms with Gasteiger partial charge in [0, 0.05) is 22.0 Å². The first-order valence-corrected chi connectivity index (χ1v) is 11.7. The summed E-state index contributed by atoms with van der Waals surface area (Å²) in [6, 6.07) is 16.2. The highest BCUT2D eigenvalue weighted by molar-refractivity contribution is 8.03. The van der Waals surface area contributed by atoms with E-state index >= 15 is 0 Å². The van der Waals surface area contributed by atoms with Crippen molar-refractivity contribution in [3.63, 3.8) is 0 Å². The van der Waals surface area contributed by atoms with Crippen LogP contribution in [0.15, 0.2) is 86.6 Å². The van der Waals surface area contributed by atoms with Crippen LogP contribution in [0.4, 0.5) is 0 Å². The predicted molar refractivity (Wildman–Crippen MR) is 118 cm³/mol. The van der Waals surface area contributed by atoms with E-state index in [1.54, 1.807) is 37.3 Å². The van der Waals surface area contributed by atoms with Crippen molar-refractivity contribution in [2.24, 2.45) is 5.73 Å². The number of benzene rings is 2. The van der Waals surface area contributed by atoms with Crippen LogP contribution >= 0.6 is 11.8 Å². The Kier molecular flexibility index (Phi) is 7.02. The Hall–Kier alpha value is -2.55. The molecule has 3 rings (SSSR count). The molecule has 8 heteroatoms. The highest BCUT2D eigenvalue weighted by Crippen LogP contribution is 2.35. The van der Waals surface area contributed by atoms with E-state index in [2.05, 4.69) is 0 Å². The van der Waals surface area contributed by atoms with E-state index in [1.807, 2.05) is 37.3 Å². The van der Waals surface area contributed by atoms with Crippen LogP contribution in [0.2, 0.25) is 0 Å². The molecule has 0 unspecified atom stereocenters. The number of hydrogen-bond donors (Lipinski definition) is 1. The average Bonchev–Trinajstić information content (AvgIpc) is 2.88. The van der Waals surface area contributed by atoms with E-state index in [4.69, 9.17) is 10.5 Å². The molecule has 2 N–H and O–H groups in total. The standard InChI is InChI=1S/C22H24N2O4S2/c1-3-28-22(25)21-19(23)15-24(30(26,27)18-11-9-16(2)10-12-18)14-13-20(21)29-17-7-5-4-6-8-17/h4-13H,3,14-15,23H2,1-2H3. The molecule has 1 aliphatic heterocycles. The third-order valence-electron chi connectivity index (χ3n) is 4.50. The van der Waals surface area contributed by atoms with E-state index < -0.39 is 16.0 Å². The monoisotopic (exact) mass is 444 g/mol. The zero-order valence-electron chi connectivity index (χ0n) is 16.9. The summed E-state index contributed by atoms with van der Waals surface area (Å²) < 4.78 is 32.8. The number of carbonyl (C=O) groups excluding carboxylic acids is 1. The van der Waals surface area contributed by atoms with Gasteiger partial charge >= 0.3 is 5.97 Å². The second-order valence-electron chi connectivity index (χ2n) is 6.71. The highest BCUT2D eigenvalue weighted by Gasteiger charge is 2.30. The Balaban J connectivity index is 2.00. The summed E-state index contributed by atoms with van der Waals surface area (Å²) in [6.45, 7) is 3.80. The Bertz CT molecular complexity index is 1080. The minimum Gasteiger partial charge on any atom is -0.462 e. The average molecular weight is 445 g/mol. The smallest absolute Gasteiger partial charge is 0.341 e. The lowest BCUT2D eigenvalue weighted by Gasteiger charge is -2.20. The van der Waals surface area contributed by atoms with Gasteiger partial charge in [0.05, 0.1) is 23.6 Å². The fourth-order valence-corrected chi connectivity index (χ4v) is 5.34. The van der Waals surface area contributed by atoms with Crippen molar-refractivity contribution in [3.05, 3.63) is 82.4 Å². The maximum absolute atomic E-state index is 13.2. The van der Waals surface area contributed by atoms with Crippen molar-refractivity contribution in [1.82, 2.24) is 4.31 Å². The van der Waals surface area contributed by atoms with Crippen molar-refractivity contribution >= 4 is 27.8 Å². The molecule has 158 valence electrons. The molecule has 0 spiro atoms. The summed E-state index contributed by atoms with van der Waals surface area (Å²) in [5, 5.41) is 0. The van der Waals surface area contributed by atoms with Crippen molar-refractivity contribution in [2.45, 2.75) is 23.6 Å². The summed E-state index contributed by atoms with van der Waals surface area (Å²) in [7, 11) is -3.78. The van der Waals surface area contributed by atoms with Gasteiger partial charge in [-0.1, -0.05) is 53.7 Å². The highest BCUT2D eigenvalue weighted by atomic mass is 32.2. The maximum Gasteiger partial charge on any atom is 0.341 e. The first kappa shape index (κ1) is 22.1. The van der Waals surface area contributed by atoms with Gasteiger partial charge < -0.3 is 10.5 Å². The van der Waals surface area contributed by atoms with Gasteiger partial charge in [-0.25, -0.2) is 13.2 Å². The number of nitrogens with zero attached hydrogens (tertiary/aromatic N) is 1. The van der Waals surface area contributed by atoms with Crippen LogP contribution in [0, 0.1) is 6.92 Å².